The Morgan fingerprint density at radius 3 is 2.56 bits per heavy atom. The summed E-state index contributed by atoms with van der Waals surface area (Å²) in [5.74, 6) is -0.298. The lowest BCUT2D eigenvalue weighted by Crippen LogP contribution is -2.44. The first kappa shape index (κ1) is 28.1. The number of nitrogens with two attached hydrogens (primary N) is 1. The van der Waals surface area contributed by atoms with Gasteiger partial charge in [-0.2, -0.15) is 26.3 Å². The van der Waals surface area contributed by atoms with Crippen molar-refractivity contribution in [3.63, 3.8) is 0 Å². The van der Waals surface area contributed by atoms with Gasteiger partial charge in [0.25, 0.3) is 0 Å². The minimum atomic E-state index is -4.76. The van der Waals surface area contributed by atoms with Gasteiger partial charge in [0.1, 0.15) is 18.4 Å². The van der Waals surface area contributed by atoms with Gasteiger partial charge in [0.2, 0.25) is 5.90 Å². The molecule has 0 saturated carbocycles. The summed E-state index contributed by atoms with van der Waals surface area (Å²) in [6, 6.07) is 8.02. The van der Waals surface area contributed by atoms with Crippen molar-refractivity contribution in [3.8, 4) is 5.75 Å². The summed E-state index contributed by atoms with van der Waals surface area (Å²) in [6.45, 7) is 0.458. The van der Waals surface area contributed by atoms with Crippen LogP contribution in [0.3, 0.4) is 0 Å². The zero-order valence-corrected chi connectivity index (χ0v) is 20.6. The molecule has 0 bridgehead atoms. The zero-order chi connectivity index (χ0) is 28.2. The van der Waals surface area contributed by atoms with Gasteiger partial charge in [-0.25, -0.2) is 4.99 Å². The molecule has 0 aromatic heterocycles. The molecule has 39 heavy (non-hydrogen) atoms. The number of hydrogen-bond donors (Lipinski definition) is 2. The van der Waals surface area contributed by atoms with Crippen LogP contribution >= 0.6 is 0 Å². The molecule has 1 saturated heterocycles. The van der Waals surface area contributed by atoms with E-state index in [2.05, 4.69) is 4.99 Å². The molecule has 0 unspecified atom stereocenters. The van der Waals surface area contributed by atoms with Gasteiger partial charge in [-0.1, -0.05) is 30.4 Å². The normalized spacial score (nSPS) is 18.4. The third-order valence-electron chi connectivity index (χ3n) is 6.26. The van der Waals surface area contributed by atoms with Crippen molar-refractivity contribution in [2.75, 3.05) is 19.8 Å². The Kier molecular flexibility index (Phi) is 8.22. The van der Waals surface area contributed by atoms with Crippen LogP contribution in [0.15, 0.2) is 59.6 Å². The average molecular weight is 553 g/mol. The zero-order valence-electron chi connectivity index (χ0n) is 20.6. The number of guanidine groups is 1. The van der Waals surface area contributed by atoms with Crippen LogP contribution in [0.5, 0.6) is 5.75 Å². The number of nitrogens with zero attached hydrogens (tertiary/aromatic N) is 2. The van der Waals surface area contributed by atoms with E-state index in [0.29, 0.717) is 31.0 Å². The van der Waals surface area contributed by atoms with Crippen LogP contribution in [0.2, 0.25) is 0 Å². The molecular formula is C27H26F6N4O2. The van der Waals surface area contributed by atoms with E-state index in [9.17, 15) is 26.3 Å². The molecule has 2 aromatic carbocycles. The van der Waals surface area contributed by atoms with Crippen LogP contribution in [-0.4, -0.2) is 42.6 Å². The number of ether oxygens (including phenoxy) is 2. The summed E-state index contributed by atoms with van der Waals surface area (Å²) in [4.78, 5) is 6.14. The second kappa shape index (κ2) is 11.4. The highest BCUT2D eigenvalue weighted by Crippen LogP contribution is 2.39. The van der Waals surface area contributed by atoms with Crippen molar-refractivity contribution >= 4 is 23.6 Å². The number of halogens is 6. The van der Waals surface area contributed by atoms with Crippen molar-refractivity contribution in [2.45, 2.75) is 37.7 Å². The topological polar surface area (TPSA) is 83.9 Å². The average Bonchev–Trinajstić information content (AvgIpc) is 3.24. The highest BCUT2D eigenvalue weighted by Gasteiger charge is 2.36. The first-order chi connectivity index (χ1) is 18.4. The van der Waals surface area contributed by atoms with E-state index in [1.54, 1.807) is 11.0 Å². The van der Waals surface area contributed by atoms with Gasteiger partial charge in [0.15, 0.2) is 5.96 Å². The Morgan fingerprint density at radius 1 is 1.10 bits per heavy atom. The molecule has 2 aliphatic heterocycles. The molecule has 2 heterocycles. The standard InChI is InChI=1S/C27H26F6N4O2/c28-26(29,30)19-8-2-1-6-17(19)7-4-14-38-23-12-11-18(16-20(23)27(31,32)33)21-9-5-15-39-24(36-21)22-10-3-13-37(22)25(34)35/h1-2,4,6-9,11-12,16,22H,3,5,10,13-15H2,(H3,34,35)/b7-4+/t22-/m0/s1. The lowest BCUT2D eigenvalue weighted by Gasteiger charge is -2.25. The Balaban J connectivity index is 1.56. The predicted molar refractivity (Wildman–Crippen MR) is 135 cm³/mol. The maximum atomic E-state index is 13.9. The molecule has 2 aliphatic rings. The fourth-order valence-corrected chi connectivity index (χ4v) is 4.47. The van der Waals surface area contributed by atoms with Crippen LogP contribution < -0.4 is 10.5 Å². The van der Waals surface area contributed by atoms with Gasteiger partial charge < -0.3 is 20.1 Å². The smallest absolute Gasteiger partial charge is 0.419 e. The Labute approximate surface area is 220 Å². The van der Waals surface area contributed by atoms with Crippen molar-refractivity contribution in [3.05, 3.63) is 76.9 Å². The van der Waals surface area contributed by atoms with Gasteiger partial charge in [-0.15, -0.1) is 0 Å². The molecular weight excluding hydrogens is 526 g/mol. The maximum Gasteiger partial charge on any atom is 0.419 e. The Morgan fingerprint density at radius 2 is 1.85 bits per heavy atom. The number of alkyl halides is 6. The highest BCUT2D eigenvalue weighted by molar-refractivity contribution is 5.92. The number of aliphatic imine (C=N–C) groups is 1. The highest BCUT2D eigenvalue weighted by atomic mass is 19.4. The summed E-state index contributed by atoms with van der Waals surface area (Å²) in [5.41, 5.74) is 4.13. The molecule has 0 aliphatic carbocycles. The van der Waals surface area contributed by atoms with Crippen molar-refractivity contribution in [1.82, 2.24) is 4.90 Å². The molecule has 1 fully saturated rings. The molecule has 12 heteroatoms. The van der Waals surface area contributed by atoms with Gasteiger partial charge in [-0.3, -0.25) is 5.41 Å². The van der Waals surface area contributed by atoms with Crippen LogP contribution in [0.25, 0.3) is 11.8 Å². The SMILES string of the molecule is N=C(N)N1CCC[C@H]1C1=NC(c2ccc(OC/C=C/c3ccccc3C(F)(F)F)c(C(F)(F)F)c2)=CCCO1. The van der Waals surface area contributed by atoms with E-state index >= 15 is 0 Å². The van der Waals surface area contributed by atoms with Crippen molar-refractivity contribution in [1.29, 1.82) is 5.41 Å². The molecule has 4 rings (SSSR count). The van der Waals surface area contributed by atoms with Crippen LogP contribution in [-0.2, 0) is 17.1 Å². The molecule has 0 spiro atoms. The summed E-state index contributed by atoms with van der Waals surface area (Å²) < 4.78 is 92.4. The van der Waals surface area contributed by atoms with Crippen LogP contribution in [0.4, 0.5) is 26.3 Å². The van der Waals surface area contributed by atoms with Crippen LogP contribution in [0.1, 0.15) is 41.5 Å². The number of hydrogen-bond acceptors (Lipinski definition) is 4. The van der Waals surface area contributed by atoms with E-state index in [-0.39, 0.29) is 36.3 Å². The minimum Gasteiger partial charge on any atom is -0.489 e. The number of nitrogens with one attached hydrogen (secondary N) is 1. The van der Waals surface area contributed by atoms with E-state index < -0.39 is 29.2 Å². The van der Waals surface area contributed by atoms with Gasteiger partial charge >= 0.3 is 12.4 Å². The summed E-state index contributed by atoms with van der Waals surface area (Å²) in [5, 5.41) is 7.77. The molecule has 6 nitrogen and oxygen atoms in total. The van der Waals surface area contributed by atoms with Gasteiger partial charge in [0.05, 0.1) is 23.4 Å². The quantitative estimate of drug-likeness (QED) is 0.249. The van der Waals surface area contributed by atoms with E-state index in [1.807, 2.05) is 0 Å². The lowest BCUT2D eigenvalue weighted by atomic mass is 10.1. The number of likely N-dealkylation sites (tertiary alicyclic amines) is 1. The first-order valence-corrected chi connectivity index (χ1v) is 12.1. The molecule has 208 valence electrons. The summed E-state index contributed by atoms with van der Waals surface area (Å²) in [7, 11) is 0. The third-order valence-corrected chi connectivity index (χ3v) is 6.26. The fraction of sp³-hybridized carbons (Fsp3) is 0.333. The Bertz CT molecular complexity index is 1300. The van der Waals surface area contributed by atoms with E-state index in [0.717, 1.165) is 30.7 Å². The monoisotopic (exact) mass is 552 g/mol. The lowest BCUT2D eigenvalue weighted by molar-refractivity contribution is -0.139. The predicted octanol–water partition coefficient (Wildman–Crippen LogP) is 6.33. The molecule has 3 N–H and O–H groups in total. The van der Waals surface area contributed by atoms with Crippen molar-refractivity contribution in [2.24, 2.45) is 10.7 Å². The van der Waals surface area contributed by atoms with Gasteiger partial charge in [-0.05, 0) is 48.7 Å². The first-order valence-electron chi connectivity index (χ1n) is 12.1. The summed E-state index contributed by atoms with van der Waals surface area (Å²) >= 11 is 0. The van der Waals surface area contributed by atoms with Crippen LogP contribution in [0, 0.1) is 5.41 Å². The molecule has 2 aromatic rings. The Hall–Kier alpha value is -3.96. The number of rotatable bonds is 6. The minimum absolute atomic E-state index is 0.123. The third kappa shape index (κ3) is 6.73. The molecule has 0 amide bonds. The summed E-state index contributed by atoms with van der Waals surface area (Å²) in [6.07, 6.45) is -3.44. The number of benzene rings is 2. The maximum absolute atomic E-state index is 13.9. The van der Waals surface area contributed by atoms with E-state index in [1.165, 1.54) is 30.3 Å². The van der Waals surface area contributed by atoms with E-state index in [4.69, 9.17) is 20.6 Å². The molecule has 0 radical (unpaired) electrons. The van der Waals surface area contributed by atoms with Gasteiger partial charge in [0, 0.05) is 18.5 Å². The fourth-order valence-electron chi connectivity index (χ4n) is 4.47. The largest absolute Gasteiger partial charge is 0.489 e. The molecule has 1 atom stereocenters. The second-order valence-corrected chi connectivity index (χ2v) is 8.92. The second-order valence-electron chi connectivity index (χ2n) is 8.92. The van der Waals surface area contributed by atoms with Crippen molar-refractivity contribution < 1.29 is 35.8 Å².